The van der Waals surface area contributed by atoms with Crippen LogP contribution < -0.4 is 0 Å². The van der Waals surface area contributed by atoms with Gasteiger partial charge < -0.3 is 25.0 Å². The molecule has 0 amide bonds. The van der Waals surface area contributed by atoms with E-state index in [9.17, 15) is 39.5 Å². The summed E-state index contributed by atoms with van der Waals surface area (Å²) in [6.45, 7) is 11.3. The van der Waals surface area contributed by atoms with Gasteiger partial charge in [0.15, 0.2) is 0 Å². The molecule has 1 saturated carbocycles. The average Bonchev–Trinajstić information content (AvgIpc) is 3.71. The van der Waals surface area contributed by atoms with Gasteiger partial charge in [0.05, 0.1) is 6.61 Å². The number of nitrogens with zero attached hydrogens (tertiary/aromatic N) is 3. The number of pyridine rings is 1. The van der Waals surface area contributed by atoms with Gasteiger partial charge in [-0.2, -0.15) is 39.5 Å². The largest absolute Gasteiger partial charge is 0.490 e. The maximum Gasteiger partial charge on any atom is 0.490 e. The summed E-state index contributed by atoms with van der Waals surface area (Å²) in [6, 6.07) is 5.51. The summed E-state index contributed by atoms with van der Waals surface area (Å²) >= 11 is 0. The first kappa shape index (κ1) is 41.8. The number of likely N-dealkylation sites (tertiary alicyclic amines) is 2. The number of alkyl halides is 9. The Morgan fingerprint density at radius 1 is 0.894 bits per heavy atom. The normalized spacial score (nSPS) is 19.9. The number of carboxylic acid groups (broad SMARTS) is 3. The van der Waals surface area contributed by atoms with E-state index < -0.39 is 36.4 Å². The molecule has 1 aromatic heterocycles. The van der Waals surface area contributed by atoms with E-state index >= 15 is 0 Å². The van der Waals surface area contributed by atoms with Gasteiger partial charge in [-0.3, -0.25) is 9.88 Å². The Morgan fingerprint density at radius 3 is 1.72 bits per heavy atom. The van der Waals surface area contributed by atoms with E-state index in [2.05, 4.69) is 40.8 Å². The zero-order valence-corrected chi connectivity index (χ0v) is 25.5. The molecular formula is C28H38F9N3O7. The molecule has 270 valence electrons. The molecule has 2 saturated heterocycles. The van der Waals surface area contributed by atoms with Gasteiger partial charge in [-0.1, -0.05) is 6.07 Å². The van der Waals surface area contributed by atoms with Crippen molar-refractivity contribution in [2.24, 2.45) is 11.3 Å². The molecule has 3 heterocycles. The lowest BCUT2D eigenvalue weighted by molar-refractivity contribution is -0.193. The van der Waals surface area contributed by atoms with E-state index in [1.165, 1.54) is 57.3 Å². The lowest BCUT2D eigenvalue weighted by Crippen LogP contribution is -2.44. The molecule has 3 fully saturated rings. The topological polar surface area (TPSA) is 140 Å². The fraction of sp³-hybridized carbons (Fsp3) is 0.714. The highest BCUT2D eigenvalue weighted by atomic mass is 19.4. The van der Waals surface area contributed by atoms with Crippen LogP contribution in [0.1, 0.15) is 51.5 Å². The average molecular weight is 700 g/mol. The van der Waals surface area contributed by atoms with E-state index in [-0.39, 0.29) is 0 Å². The lowest BCUT2D eigenvalue weighted by atomic mass is 9.76. The molecule has 0 radical (unpaired) electrons. The number of halogens is 9. The van der Waals surface area contributed by atoms with Gasteiger partial charge in [-0.15, -0.1) is 0 Å². The Balaban J connectivity index is 0.000000430. The Labute approximate surface area is 264 Å². The molecule has 1 atom stereocenters. The van der Waals surface area contributed by atoms with Gasteiger partial charge in [0.2, 0.25) is 0 Å². The maximum atomic E-state index is 10.6. The van der Waals surface area contributed by atoms with Gasteiger partial charge in [0.25, 0.3) is 0 Å². The first-order chi connectivity index (χ1) is 21.5. The number of hydrogen-bond donors (Lipinski definition) is 3. The first-order valence-electron chi connectivity index (χ1n) is 14.3. The molecule has 1 spiro atoms. The number of hydrogen-bond acceptors (Lipinski definition) is 7. The van der Waals surface area contributed by atoms with Crippen molar-refractivity contribution < 1.29 is 74.0 Å². The zero-order chi connectivity index (χ0) is 36.2. The van der Waals surface area contributed by atoms with Crippen LogP contribution in [0.5, 0.6) is 0 Å². The van der Waals surface area contributed by atoms with E-state index in [4.69, 9.17) is 34.4 Å². The second kappa shape index (κ2) is 17.8. The minimum absolute atomic E-state index is 0.501. The van der Waals surface area contributed by atoms with Crippen molar-refractivity contribution in [3.63, 3.8) is 0 Å². The predicted octanol–water partition coefficient (Wildman–Crippen LogP) is 5.47. The van der Waals surface area contributed by atoms with Crippen LogP contribution >= 0.6 is 0 Å². The number of aliphatic carboxylic acids is 3. The summed E-state index contributed by atoms with van der Waals surface area (Å²) in [5.41, 5.74) is 1.83. The van der Waals surface area contributed by atoms with Crippen molar-refractivity contribution in [2.75, 3.05) is 32.8 Å². The standard InChI is InChI=1S/C22H35N3O.3C2HF3O2/c1-18(2)24-10-7-22(8-11-24)12-21(16-26-15-19-5-6-19)25(17-22)14-20-4-3-9-23-13-20;3*3-2(4,5)1(6)7/h3-4,9,13,18-19,21H,5-8,10-12,14-17H2,1-2H3;3*(H,6,7). The molecule has 2 aliphatic heterocycles. The number of rotatable bonds is 7. The van der Waals surface area contributed by atoms with Crippen molar-refractivity contribution in [1.82, 2.24) is 14.8 Å². The van der Waals surface area contributed by atoms with Crippen LogP contribution in [0.4, 0.5) is 39.5 Å². The van der Waals surface area contributed by atoms with E-state index in [0.29, 0.717) is 17.5 Å². The molecule has 19 heteroatoms. The maximum absolute atomic E-state index is 10.6. The van der Waals surface area contributed by atoms with Crippen molar-refractivity contribution in [3.8, 4) is 0 Å². The Kier molecular flexibility index (Phi) is 15.9. The molecule has 0 bridgehead atoms. The Morgan fingerprint density at radius 2 is 1.36 bits per heavy atom. The summed E-state index contributed by atoms with van der Waals surface area (Å²) in [5, 5.41) is 21.4. The van der Waals surface area contributed by atoms with Crippen molar-refractivity contribution in [2.45, 2.75) is 83.1 Å². The van der Waals surface area contributed by atoms with Gasteiger partial charge in [-0.25, -0.2) is 14.4 Å². The smallest absolute Gasteiger partial charge is 0.475 e. The van der Waals surface area contributed by atoms with E-state index in [1.54, 1.807) is 0 Å². The van der Waals surface area contributed by atoms with E-state index in [1.807, 2.05) is 12.4 Å². The second-order valence-corrected chi connectivity index (χ2v) is 11.6. The summed E-state index contributed by atoms with van der Waals surface area (Å²) in [5.74, 6) is -7.42. The van der Waals surface area contributed by atoms with Crippen LogP contribution in [0, 0.1) is 11.3 Å². The van der Waals surface area contributed by atoms with Gasteiger partial charge in [0, 0.05) is 44.2 Å². The SMILES string of the molecule is CC(C)N1CCC2(CC1)CC(COCC1CC1)N(Cc1cccnc1)C2.O=C(O)C(F)(F)F.O=C(O)C(F)(F)F.O=C(O)C(F)(F)F. The molecule has 4 rings (SSSR count). The van der Waals surface area contributed by atoms with Crippen LogP contribution in [0.25, 0.3) is 0 Å². The Bertz CT molecular complexity index is 1060. The second-order valence-electron chi connectivity index (χ2n) is 11.6. The highest BCUT2D eigenvalue weighted by Crippen LogP contribution is 2.44. The fourth-order valence-corrected chi connectivity index (χ4v) is 4.86. The molecule has 47 heavy (non-hydrogen) atoms. The number of ether oxygens (including phenoxy) is 1. The Hall–Kier alpha value is -3.19. The summed E-state index contributed by atoms with van der Waals surface area (Å²) in [6.07, 6.45) is -4.62. The zero-order valence-electron chi connectivity index (χ0n) is 25.5. The third-order valence-corrected chi connectivity index (χ3v) is 7.51. The molecule has 3 aliphatic rings. The number of carboxylic acids is 3. The minimum Gasteiger partial charge on any atom is -0.475 e. The number of piperidine rings is 1. The van der Waals surface area contributed by atoms with Crippen molar-refractivity contribution in [3.05, 3.63) is 30.1 Å². The van der Waals surface area contributed by atoms with E-state index in [0.717, 1.165) is 25.7 Å². The van der Waals surface area contributed by atoms with Crippen LogP contribution in [-0.4, -0.2) is 111 Å². The van der Waals surface area contributed by atoms with Gasteiger partial charge in [0.1, 0.15) is 0 Å². The summed E-state index contributed by atoms with van der Waals surface area (Å²) in [4.78, 5) is 36.3. The molecule has 1 unspecified atom stereocenters. The minimum atomic E-state index is -5.08. The third-order valence-electron chi connectivity index (χ3n) is 7.51. The van der Waals surface area contributed by atoms with Crippen LogP contribution in [0.2, 0.25) is 0 Å². The van der Waals surface area contributed by atoms with Crippen LogP contribution in [0.3, 0.4) is 0 Å². The highest BCUT2D eigenvalue weighted by molar-refractivity contribution is 5.73. The summed E-state index contributed by atoms with van der Waals surface area (Å²) < 4.78 is 101. The molecule has 0 aromatic carbocycles. The van der Waals surface area contributed by atoms with Crippen molar-refractivity contribution in [1.29, 1.82) is 0 Å². The highest BCUT2D eigenvalue weighted by Gasteiger charge is 2.46. The summed E-state index contributed by atoms with van der Waals surface area (Å²) in [7, 11) is 0. The molecule has 1 aromatic rings. The molecule has 3 N–H and O–H groups in total. The predicted molar refractivity (Wildman–Crippen MR) is 146 cm³/mol. The first-order valence-corrected chi connectivity index (χ1v) is 14.3. The lowest BCUT2D eigenvalue weighted by Gasteiger charge is -2.41. The third kappa shape index (κ3) is 16.5. The van der Waals surface area contributed by atoms with Gasteiger partial charge >= 0.3 is 36.4 Å². The number of aromatic nitrogens is 1. The van der Waals surface area contributed by atoms with Crippen LogP contribution in [-0.2, 0) is 25.7 Å². The molecule has 10 nitrogen and oxygen atoms in total. The monoisotopic (exact) mass is 699 g/mol. The molecule has 1 aliphatic carbocycles. The quantitative estimate of drug-likeness (QED) is 0.314. The van der Waals surface area contributed by atoms with Crippen LogP contribution in [0.15, 0.2) is 24.5 Å². The van der Waals surface area contributed by atoms with Crippen molar-refractivity contribution >= 4 is 17.9 Å². The number of carbonyl (C=O) groups is 3. The van der Waals surface area contributed by atoms with Gasteiger partial charge in [-0.05, 0) is 82.0 Å². The fourth-order valence-electron chi connectivity index (χ4n) is 4.86. The molecular weight excluding hydrogens is 661 g/mol.